The predicted octanol–water partition coefficient (Wildman–Crippen LogP) is 4.23. The van der Waals surface area contributed by atoms with E-state index in [0.717, 1.165) is 23.0 Å². The Balaban J connectivity index is -0.0000000115. The third-order valence-electron chi connectivity index (χ3n) is 0.757. The Hall–Kier alpha value is 6.78. The molecule has 0 rings (SSSR count). The molecule has 0 fully saturated rings. The van der Waals surface area contributed by atoms with E-state index in [1.54, 1.807) is 21.6 Å². The van der Waals surface area contributed by atoms with E-state index in [9.17, 15) is 0 Å². The molecule has 0 aliphatic carbocycles. The van der Waals surface area contributed by atoms with Gasteiger partial charge in [-0.1, -0.05) is 0 Å². The van der Waals surface area contributed by atoms with Gasteiger partial charge in [-0.2, -0.15) is 13.8 Å². The Labute approximate surface area is 265 Å². The van der Waals surface area contributed by atoms with Gasteiger partial charge in [0.15, 0.2) is 0 Å². The predicted molar refractivity (Wildman–Crippen MR) is 79.5 cm³/mol. The van der Waals surface area contributed by atoms with Crippen molar-refractivity contribution in [3.63, 3.8) is 0 Å². The molecule has 0 heterocycles. The van der Waals surface area contributed by atoms with Crippen LogP contribution in [0.4, 0.5) is 0 Å². The zero-order valence-corrected chi connectivity index (χ0v) is 32.6. The summed E-state index contributed by atoms with van der Waals surface area (Å²) >= 11 is 9.23. The zero-order valence-electron chi connectivity index (χ0n) is 12.0. The molecule has 0 aliphatic heterocycles. The van der Waals surface area contributed by atoms with E-state index in [2.05, 4.69) is 39.1 Å². The Bertz CT molecular complexity index is 71.7. The third kappa shape index (κ3) is 101. The molecule has 0 spiro atoms. The van der Waals surface area contributed by atoms with Crippen molar-refractivity contribution in [2.24, 2.45) is 0 Å². The molecule has 0 nitrogen and oxygen atoms in total. The van der Waals surface area contributed by atoms with Crippen LogP contribution in [0.3, 0.4) is 0 Å². The number of hydrogen-bond acceptors (Lipinski definition) is 4. The standard InChI is InChI=1S/2C4H8.C2H6S4.3W.3Y/c2*1-3-4-2;3-1-5-6-2-4;;;;;;/h2*4H,1,3H2,2H3;3-4H,1-2H2;;;;;;/q2*-2;;;2*+2;;;/p-2. The van der Waals surface area contributed by atoms with Crippen LogP contribution in [-0.4, -0.2) is 10.2 Å². The van der Waals surface area contributed by atoms with Crippen molar-refractivity contribution >= 4 is 46.8 Å². The van der Waals surface area contributed by atoms with E-state index >= 15 is 0 Å². The first kappa shape index (κ1) is 56.3. The van der Waals surface area contributed by atoms with Crippen molar-refractivity contribution in [1.82, 2.24) is 0 Å². The fourth-order valence-corrected chi connectivity index (χ4v) is 1.84. The molecule has 0 saturated heterocycles. The molecule has 0 aliphatic rings. The Morgan fingerprint density at radius 1 is 0.800 bits per heavy atom. The van der Waals surface area contributed by atoms with Crippen molar-refractivity contribution in [3.8, 4) is 0 Å². The summed E-state index contributed by atoms with van der Waals surface area (Å²) < 4.78 is 0. The number of unbranched alkanes of at least 4 members (excludes halogenated alkanes) is 2. The van der Waals surface area contributed by atoms with E-state index in [0.29, 0.717) is 0 Å². The van der Waals surface area contributed by atoms with Crippen LogP contribution in [-0.2, 0) is 187 Å². The second kappa shape index (κ2) is 72.5. The molecule has 0 saturated carbocycles. The smallest absolute Gasteiger partial charge is 0.781 e. The SMILES string of the molecule is [CH2-]C[CH-]C.[CH2-]C[CH-]C.[S-]CSSC[S-].[W+2].[W+2].[W].[Y].[Y].[Y]. The fraction of sp³-hybridized carbons (Fsp3) is 0.600. The molecule has 0 aromatic carbocycles. The van der Waals surface area contributed by atoms with Gasteiger partial charge in [0.1, 0.15) is 0 Å². The summed E-state index contributed by atoms with van der Waals surface area (Å²) in [5.74, 6) is 0. The van der Waals surface area contributed by atoms with Crippen LogP contribution in [0.1, 0.15) is 26.7 Å². The zero-order chi connectivity index (χ0) is 11.7. The van der Waals surface area contributed by atoms with Crippen LogP contribution >= 0.6 is 21.6 Å². The first-order chi connectivity index (χ1) is 6.74. The van der Waals surface area contributed by atoms with Gasteiger partial charge in [0.2, 0.25) is 0 Å². The summed E-state index contributed by atoms with van der Waals surface area (Å²) in [7, 11) is 3.27. The van der Waals surface area contributed by atoms with Crippen LogP contribution in [0.2, 0.25) is 0 Å². The monoisotopic (exact) mass is 1090 g/mol. The van der Waals surface area contributed by atoms with Crippen LogP contribution in [0.15, 0.2) is 0 Å². The Morgan fingerprint density at radius 3 is 1.00 bits per heavy atom. The van der Waals surface area contributed by atoms with Gasteiger partial charge in [-0.3, -0.25) is 0 Å². The molecule has 0 bridgehead atoms. The maximum atomic E-state index is 4.61. The minimum Gasteiger partial charge on any atom is -0.781 e. The van der Waals surface area contributed by atoms with E-state index in [4.69, 9.17) is 0 Å². The largest absolute Gasteiger partial charge is 2.00 e. The van der Waals surface area contributed by atoms with Crippen LogP contribution < -0.4 is 0 Å². The quantitative estimate of drug-likeness (QED) is 0.175. The van der Waals surface area contributed by atoms with Gasteiger partial charge in [-0.25, -0.2) is 0 Å². The summed E-state index contributed by atoms with van der Waals surface area (Å²) in [4.78, 5) is 0. The average molecular weight is 1090 g/mol. The minimum atomic E-state index is 0. The van der Waals surface area contributed by atoms with Crippen LogP contribution in [0, 0.1) is 26.7 Å². The molecular formula is C10H20S4W3Y3-2. The summed E-state index contributed by atoms with van der Waals surface area (Å²) in [6, 6.07) is 0. The summed E-state index contributed by atoms with van der Waals surface area (Å²) in [6.07, 6.45) is 5.92. The molecule has 113 valence electrons. The van der Waals surface area contributed by atoms with E-state index in [1.165, 1.54) is 0 Å². The van der Waals surface area contributed by atoms with Gasteiger partial charge in [0.25, 0.3) is 0 Å². The normalized spacial score (nSPS) is 5.70. The molecule has 0 N–H and O–H groups in total. The van der Waals surface area contributed by atoms with E-state index < -0.39 is 0 Å². The fourth-order valence-electron chi connectivity index (χ4n) is 0.0680. The Morgan fingerprint density at radius 2 is 0.950 bits per heavy atom. The maximum Gasteiger partial charge on any atom is 2.00 e. The first-order valence-electron chi connectivity index (χ1n) is 4.29. The van der Waals surface area contributed by atoms with E-state index in [1.807, 2.05) is 26.7 Å². The molecule has 0 unspecified atom stereocenters. The number of hydrogen-bond donors (Lipinski definition) is 0. The van der Waals surface area contributed by atoms with Gasteiger partial charge in [0, 0.05) is 119 Å². The van der Waals surface area contributed by atoms with Crippen molar-refractivity contribution in [2.75, 3.05) is 10.2 Å². The molecule has 10 heteroatoms. The summed E-state index contributed by atoms with van der Waals surface area (Å²) in [5, 5.41) is 1.50. The second-order valence-electron chi connectivity index (χ2n) is 1.87. The second-order valence-corrected chi connectivity index (χ2v) is 5.64. The molecule has 0 atom stereocenters. The van der Waals surface area contributed by atoms with Crippen molar-refractivity contribution in [2.45, 2.75) is 26.7 Å². The van der Waals surface area contributed by atoms with Crippen molar-refractivity contribution < 1.29 is 161 Å². The molecule has 0 aromatic rings. The van der Waals surface area contributed by atoms with Gasteiger partial charge in [-0.15, -0.1) is 31.8 Å². The van der Waals surface area contributed by atoms with Crippen LogP contribution in [0.25, 0.3) is 0 Å². The molecule has 3 radical (unpaired) electrons. The average Bonchev–Trinajstić information content (AvgIpc) is 2.27. The summed E-state index contributed by atoms with van der Waals surface area (Å²) in [6.45, 7) is 11.1. The van der Waals surface area contributed by atoms with Crippen molar-refractivity contribution in [3.05, 3.63) is 26.7 Å². The third-order valence-corrected chi connectivity index (χ3v) is 3.93. The topological polar surface area (TPSA) is 0 Å². The molecule has 0 amide bonds. The van der Waals surface area contributed by atoms with Crippen molar-refractivity contribution in [1.29, 1.82) is 0 Å². The minimum absolute atomic E-state index is 0. The van der Waals surface area contributed by atoms with Gasteiger partial charge >= 0.3 is 42.1 Å². The Kier molecular flexibility index (Phi) is 204. The first-order valence-corrected chi connectivity index (χ1v) is 7.94. The van der Waals surface area contributed by atoms with Gasteiger partial charge < -0.3 is 64.8 Å². The van der Waals surface area contributed by atoms with E-state index in [-0.39, 0.29) is 161 Å². The molecule has 0 aromatic heterocycles. The van der Waals surface area contributed by atoms with Gasteiger partial charge in [0.05, 0.1) is 0 Å². The summed E-state index contributed by atoms with van der Waals surface area (Å²) in [5.41, 5.74) is 0. The number of rotatable bonds is 5. The maximum absolute atomic E-state index is 4.61. The van der Waals surface area contributed by atoms with Crippen LogP contribution in [0.5, 0.6) is 0 Å². The van der Waals surface area contributed by atoms with Gasteiger partial charge in [-0.05, 0) is 0 Å². The molecule has 20 heavy (non-hydrogen) atoms. The molecular weight excluding hydrogens is 1070 g/mol.